The van der Waals surface area contributed by atoms with Gasteiger partial charge in [0.1, 0.15) is 0 Å². The Balaban J connectivity index is 2.56. The van der Waals surface area contributed by atoms with Crippen LogP contribution in [0.1, 0.15) is 18.9 Å². The van der Waals surface area contributed by atoms with Crippen LogP contribution in [0.3, 0.4) is 0 Å². The normalized spacial score (nSPS) is 11.4. The Bertz CT molecular complexity index is 304. The number of nitrogens with zero attached hydrogens (tertiary/aromatic N) is 1. The van der Waals surface area contributed by atoms with E-state index in [2.05, 4.69) is 52.3 Å². The van der Waals surface area contributed by atoms with E-state index in [0.717, 1.165) is 23.4 Å². The number of amidine groups is 1. The monoisotopic (exact) mass is 255 g/mol. The Morgan fingerprint density at radius 1 is 1.36 bits per heavy atom. The molecule has 0 atom stereocenters. The zero-order chi connectivity index (χ0) is 10.4. The molecule has 1 rings (SSSR count). The van der Waals surface area contributed by atoms with Gasteiger partial charge in [0.05, 0.1) is 0 Å². The van der Waals surface area contributed by atoms with Crippen molar-refractivity contribution in [2.24, 2.45) is 4.99 Å². The van der Waals surface area contributed by atoms with E-state index in [1.54, 1.807) is 0 Å². The third-order valence-electron chi connectivity index (χ3n) is 1.78. The van der Waals surface area contributed by atoms with Crippen LogP contribution in [0.4, 0.5) is 5.69 Å². The van der Waals surface area contributed by atoms with Crippen molar-refractivity contribution in [1.29, 1.82) is 0 Å². The second kappa shape index (κ2) is 5.84. The second-order valence-electron chi connectivity index (χ2n) is 3.18. The summed E-state index contributed by atoms with van der Waals surface area (Å²) in [5.74, 6) is 0. The van der Waals surface area contributed by atoms with Crippen molar-refractivity contribution in [1.82, 2.24) is 0 Å². The van der Waals surface area contributed by atoms with Gasteiger partial charge in [-0.1, -0.05) is 0 Å². The summed E-state index contributed by atoms with van der Waals surface area (Å²) in [4.78, 5) is 4.31. The molecule has 0 unspecified atom stereocenters. The molecule has 0 saturated carbocycles. The molecule has 0 aliphatic heterocycles. The van der Waals surface area contributed by atoms with Crippen LogP contribution in [0.15, 0.2) is 29.3 Å². The van der Waals surface area contributed by atoms with E-state index >= 15 is 0 Å². The third-order valence-corrected chi connectivity index (χ3v) is 2.27. The van der Waals surface area contributed by atoms with E-state index < -0.39 is 0 Å². The van der Waals surface area contributed by atoms with E-state index in [1.807, 2.05) is 12.1 Å². The van der Waals surface area contributed by atoms with Gasteiger partial charge in [-0.3, -0.25) is 0 Å². The van der Waals surface area contributed by atoms with Crippen molar-refractivity contribution in [3.63, 3.8) is 0 Å². The second-order valence-corrected chi connectivity index (χ2v) is 3.99. The molecule has 0 aliphatic rings. The fraction of sp³-hybridized carbons (Fsp3) is 0.364. The summed E-state index contributed by atoms with van der Waals surface area (Å²) in [6.07, 6.45) is 1.07. The zero-order valence-electron chi connectivity index (χ0n) is 8.58. The molecule has 75 valence electrons. The Kier molecular flexibility index (Phi) is 4.71. The first kappa shape index (κ1) is 11.3. The Hall–Kier alpha value is -0.791. The quantitative estimate of drug-likeness (QED) is 0.500. The van der Waals surface area contributed by atoms with E-state index in [9.17, 15) is 0 Å². The molecule has 0 aromatic heterocycles. The molecule has 0 aliphatic carbocycles. The number of aryl methyl sites for hydroxylation is 1. The number of hydrogen-bond acceptors (Lipinski definition) is 1. The summed E-state index contributed by atoms with van der Waals surface area (Å²) in [7, 11) is 0. The molecule has 1 aromatic carbocycles. The van der Waals surface area contributed by atoms with Crippen molar-refractivity contribution < 1.29 is 0 Å². The average molecular weight is 254 g/mol. The maximum atomic E-state index is 4.31. The van der Waals surface area contributed by atoms with Gasteiger partial charge in [0.25, 0.3) is 0 Å². The van der Waals surface area contributed by atoms with Gasteiger partial charge in [-0.2, -0.15) is 0 Å². The molecule has 3 heteroatoms. The summed E-state index contributed by atoms with van der Waals surface area (Å²) in [5, 5.41) is 3.20. The standard InChI is InChI=1S/C11H15N2Se/c1-3-8-12-11(14)13-10-6-4-9(2)5-7-10/h4-7H,3,8H2,1-2H3,(H,12,13). The summed E-state index contributed by atoms with van der Waals surface area (Å²) < 4.78 is 0.857. The molecule has 0 saturated heterocycles. The van der Waals surface area contributed by atoms with Gasteiger partial charge in [-0.15, -0.1) is 0 Å². The van der Waals surface area contributed by atoms with Crippen molar-refractivity contribution in [3.8, 4) is 0 Å². The zero-order valence-corrected chi connectivity index (χ0v) is 10.3. The van der Waals surface area contributed by atoms with Crippen LogP contribution < -0.4 is 5.32 Å². The van der Waals surface area contributed by atoms with E-state index in [-0.39, 0.29) is 0 Å². The maximum absolute atomic E-state index is 4.31. The van der Waals surface area contributed by atoms with Gasteiger partial charge in [-0.05, 0) is 0 Å². The Labute approximate surface area is 93.6 Å². The topological polar surface area (TPSA) is 24.4 Å². The van der Waals surface area contributed by atoms with Crippen LogP contribution >= 0.6 is 0 Å². The van der Waals surface area contributed by atoms with Gasteiger partial charge in [-0.25, -0.2) is 0 Å². The molecule has 0 amide bonds. The summed E-state index contributed by atoms with van der Waals surface area (Å²) in [6.45, 7) is 5.05. The molecular weight excluding hydrogens is 239 g/mol. The van der Waals surface area contributed by atoms with Gasteiger partial charge in [0.2, 0.25) is 0 Å². The van der Waals surface area contributed by atoms with E-state index in [4.69, 9.17) is 0 Å². The molecule has 1 N–H and O–H groups in total. The predicted octanol–water partition coefficient (Wildman–Crippen LogP) is 2.34. The molecular formula is C11H15N2Se. The third kappa shape index (κ3) is 3.95. The van der Waals surface area contributed by atoms with Crippen LogP contribution in [0, 0.1) is 6.92 Å². The van der Waals surface area contributed by atoms with Crippen LogP contribution in [0.5, 0.6) is 0 Å². The van der Waals surface area contributed by atoms with Crippen LogP contribution in [0.25, 0.3) is 0 Å². The molecule has 1 radical (unpaired) electrons. The number of hydrogen-bond donors (Lipinski definition) is 1. The summed E-state index contributed by atoms with van der Waals surface area (Å²) in [6, 6.07) is 8.26. The first-order chi connectivity index (χ1) is 6.72. The van der Waals surface area contributed by atoms with Gasteiger partial charge in [0.15, 0.2) is 0 Å². The number of aliphatic imine (C=N–C) groups is 1. The van der Waals surface area contributed by atoms with Crippen molar-refractivity contribution in [3.05, 3.63) is 29.8 Å². The first-order valence-corrected chi connectivity index (χ1v) is 5.63. The Morgan fingerprint density at radius 2 is 2.00 bits per heavy atom. The van der Waals surface area contributed by atoms with Crippen LogP contribution in [-0.4, -0.2) is 27.3 Å². The minimum absolute atomic E-state index is 0.857. The molecule has 0 bridgehead atoms. The SMILES string of the molecule is CCCN=C([Se])Nc1ccc(C)cc1. The number of benzene rings is 1. The molecule has 0 heterocycles. The predicted molar refractivity (Wildman–Crippen MR) is 63.1 cm³/mol. The van der Waals surface area contributed by atoms with Crippen LogP contribution in [0.2, 0.25) is 0 Å². The van der Waals surface area contributed by atoms with Gasteiger partial charge >= 0.3 is 93.4 Å². The van der Waals surface area contributed by atoms with Gasteiger partial charge in [0, 0.05) is 0 Å². The molecule has 2 nitrogen and oxygen atoms in total. The first-order valence-electron chi connectivity index (χ1n) is 4.77. The van der Waals surface area contributed by atoms with E-state index in [0.29, 0.717) is 0 Å². The number of anilines is 1. The molecule has 14 heavy (non-hydrogen) atoms. The summed E-state index contributed by atoms with van der Waals surface area (Å²) in [5.41, 5.74) is 2.34. The fourth-order valence-electron chi connectivity index (χ4n) is 1.01. The number of nitrogens with one attached hydrogen (secondary N) is 1. The van der Waals surface area contributed by atoms with Gasteiger partial charge < -0.3 is 0 Å². The molecule has 0 fully saturated rings. The Morgan fingerprint density at radius 3 is 2.57 bits per heavy atom. The average Bonchev–Trinajstić information content (AvgIpc) is 2.18. The van der Waals surface area contributed by atoms with Crippen molar-refractivity contribution >= 4 is 26.4 Å². The van der Waals surface area contributed by atoms with Crippen molar-refractivity contribution in [2.45, 2.75) is 20.3 Å². The molecule has 0 spiro atoms. The molecule has 1 aromatic rings. The van der Waals surface area contributed by atoms with Crippen molar-refractivity contribution in [2.75, 3.05) is 11.9 Å². The van der Waals surface area contributed by atoms with Crippen LogP contribution in [-0.2, 0) is 0 Å². The fourth-order valence-corrected chi connectivity index (χ4v) is 1.45. The minimum atomic E-state index is 0.857. The van der Waals surface area contributed by atoms with E-state index in [1.165, 1.54) is 5.56 Å². The summed E-state index contributed by atoms with van der Waals surface area (Å²) >= 11 is 2.91. The number of rotatable bonds is 3.